The number of hydrogen-bond acceptors (Lipinski definition) is 5. The highest BCUT2D eigenvalue weighted by Crippen LogP contribution is 2.24. The first-order valence-corrected chi connectivity index (χ1v) is 7.18. The Kier molecular flexibility index (Phi) is 5.72. The van der Waals surface area contributed by atoms with Crippen molar-refractivity contribution in [3.63, 3.8) is 0 Å². The summed E-state index contributed by atoms with van der Waals surface area (Å²) in [4.78, 5) is 23.6. The summed E-state index contributed by atoms with van der Waals surface area (Å²) in [5, 5.41) is 8.93. The molecule has 0 aliphatic carbocycles. The first-order valence-electron chi connectivity index (χ1n) is 6.81. The third kappa shape index (κ3) is 4.54. The second kappa shape index (κ2) is 7.75. The highest BCUT2D eigenvalue weighted by atomic mass is 35.5. The Morgan fingerprint density at radius 2 is 2.09 bits per heavy atom. The number of benzene rings is 1. The Labute approximate surface area is 137 Å². The summed E-state index contributed by atoms with van der Waals surface area (Å²) in [7, 11) is 1.50. The predicted molar refractivity (Wildman–Crippen MR) is 84.1 cm³/mol. The number of ether oxygens (including phenoxy) is 1. The topological polar surface area (TPSA) is 93.5 Å². The number of nitrogens with zero attached hydrogens (tertiary/aromatic N) is 1. The molecule has 2 amide bonds. The lowest BCUT2D eigenvalue weighted by molar-refractivity contribution is -0.136. The van der Waals surface area contributed by atoms with E-state index in [1.165, 1.54) is 13.2 Å². The van der Waals surface area contributed by atoms with Crippen LogP contribution in [0.5, 0.6) is 0 Å². The van der Waals surface area contributed by atoms with Gasteiger partial charge in [0.25, 0.3) is 0 Å². The molecule has 0 radical (unpaired) electrons. The molecule has 23 heavy (non-hydrogen) atoms. The Balaban J connectivity index is 1.92. The minimum absolute atomic E-state index is 0.102. The van der Waals surface area contributed by atoms with Gasteiger partial charge < -0.3 is 14.6 Å². The zero-order valence-corrected chi connectivity index (χ0v) is 13.4. The zero-order chi connectivity index (χ0) is 16.8. The number of hydrogen-bond donors (Lipinski definition) is 2. The van der Waals surface area contributed by atoms with E-state index in [1.807, 2.05) is 6.07 Å². The van der Waals surface area contributed by atoms with Crippen molar-refractivity contribution in [2.45, 2.75) is 13.0 Å². The molecule has 0 spiro atoms. The molecular formula is C15H16ClN3O4. The van der Waals surface area contributed by atoms with Crippen LogP contribution in [0.2, 0.25) is 5.02 Å². The molecule has 1 aromatic carbocycles. The van der Waals surface area contributed by atoms with E-state index < -0.39 is 17.9 Å². The normalized spacial score (nSPS) is 11.8. The van der Waals surface area contributed by atoms with Gasteiger partial charge in [-0.2, -0.15) is 0 Å². The number of carbonyl (C=O) groups excluding carboxylic acids is 2. The third-order valence-electron chi connectivity index (χ3n) is 3.06. The summed E-state index contributed by atoms with van der Waals surface area (Å²) < 4.78 is 10.1. The quantitative estimate of drug-likeness (QED) is 0.815. The summed E-state index contributed by atoms with van der Waals surface area (Å²) in [6, 6.07) is 8.64. The van der Waals surface area contributed by atoms with Crippen LogP contribution >= 0.6 is 11.6 Å². The van der Waals surface area contributed by atoms with Gasteiger partial charge in [0.1, 0.15) is 11.9 Å². The number of halogens is 1. The van der Waals surface area contributed by atoms with Crippen LogP contribution in [0.3, 0.4) is 0 Å². The fourth-order valence-corrected chi connectivity index (χ4v) is 2.18. The molecular weight excluding hydrogens is 322 g/mol. The van der Waals surface area contributed by atoms with Crippen molar-refractivity contribution in [2.75, 3.05) is 19.0 Å². The van der Waals surface area contributed by atoms with Gasteiger partial charge in [0.05, 0.1) is 0 Å². The minimum Gasteiger partial charge on any atom is -0.375 e. The molecule has 1 aromatic heterocycles. The van der Waals surface area contributed by atoms with E-state index >= 15 is 0 Å². The first-order chi connectivity index (χ1) is 11.0. The van der Waals surface area contributed by atoms with E-state index in [0.29, 0.717) is 10.8 Å². The zero-order valence-electron chi connectivity index (χ0n) is 12.6. The van der Waals surface area contributed by atoms with Gasteiger partial charge in [0.15, 0.2) is 5.82 Å². The highest BCUT2D eigenvalue weighted by molar-refractivity contribution is 6.39. The van der Waals surface area contributed by atoms with Crippen LogP contribution < -0.4 is 10.6 Å². The van der Waals surface area contributed by atoms with E-state index in [9.17, 15) is 9.59 Å². The van der Waals surface area contributed by atoms with E-state index in [4.69, 9.17) is 20.9 Å². The second-order valence-electron chi connectivity index (χ2n) is 4.73. The number of rotatable bonds is 5. The van der Waals surface area contributed by atoms with Gasteiger partial charge in [-0.05, 0) is 13.0 Å². The fraction of sp³-hybridized carbons (Fsp3) is 0.267. The van der Waals surface area contributed by atoms with Crippen molar-refractivity contribution in [3.8, 4) is 0 Å². The standard InChI is InChI=1S/C15H16ClN3O4/c1-9-7-13(19-23-9)18-15(21)14(20)17-8-12(22-2)10-5-3-4-6-11(10)16/h3-7,12H,8H2,1-2H3,(H,17,20)(H,18,19,21)/t12-/m0/s1. The molecule has 0 aliphatic rings. The minimum atomic E-state index is -0.840. The lowest BCUT2D eigenvalue weighted by Crippen LogP contribution is -2.38. The number of aryl methyl sites for hydroxylation is 1. The Morgan fingerprint density at radius 3 is 2.70 bits per heavy atom. The van der Waals surface area contributed by atoms with Crippen LogP contribution in [0.4, 0.5) is 5.82 Å². The molecule has 0 saturated carbocycles. The number of aromatic nitrogens is 1. The molecule has 1 heterocycles. The van der Waals surface area contributed by atoms with Crippen molar-refractivity contribution in [1.29, 1.82) is 0 Å². The van der Waals surface area contributed by atoms with Crippen molar-refractivity contribution in [2.24, 2.45) is 0 Å². The Morgan fingerprint density at radius 1 is 1.35 bits per heavy atom. The number of carbonyl (C=O) groups is 2. The van der Waals surface area contributed by atoms with Crippen molar-refractivity contribution < 1.29 is 18.8 Å². The SMILES string of the molecule is CO[C@@H](CNC(=O)C(=O)Nc1cc(C)on1)c1ccccc1Cl. The number of nitrogens with one attached hydrogen (secondary N) is 2. The highest BCUT2D eigenvalue weighted by Gasteiger charge is 2.19. The van der Waals surface area contributed by atoms with Crippen LogP contribution in [0.25, 0.3) is 0 Å². The van der Waals surface area contributed by atoms with Crippen LogP contribution in [0.1, 0.15) is 17.4 Å². The van der Waals surface area contributed by atoms with Gasteiger partial charge >= 0.3 is 11.8 Å². The first kappa shape index (κ1) is 17.0. The van der Waals surface area contributed by atoms with E-state index in [2.05, 4.69) is 15.8 Å². The smallest absolute Gasteiger partial charge is 0.314 e. The fourth-order valence-electron chi connectivity index (χ4n) is 1.92. The lowest BCUT2D eigenvalue weighted by atomic mass is 10.1. The summed E-state index contributed by atoms with van der Waals surface area (Å²) in [6.07, 6.45) is -0.463. The Hall–Kier alpha value is -2.38. The molecule has 0 unspecified atom stereocenters. The monoisotopic (exact) mass is 337 g/mol. The van der Waals surface area contributed by atoms with Crippen LogP contribution in [0, 0.1) is 6.92 Å². The predicted octanol–water partition coefficient (Wildman–Crippen LogP) is 2.08. The molecule has 0 fully saturated rings. The maximum absolute atomic E-state index is 11.8. The van der Waals surface area contributed by atoms with E-state index in [0.717, 1.165) is 5.56 Å². The van der Waals surface area contributed by atoms with Gasteiger partial charge in [-0.1, -0.05) is 35.0 Å². The van der Waals surface area contributed by atoms with Crippen LogP contribution in [-0.4, -0.2) is 30.6 Å². The number of amides is 2. The summed E-state index contributed by atoms with van der Waals surface area (Å²) >= 11 is 6.09. The average molecular weight is 338 g/mol. The maximum Gasteiger partial charge on any atom is 0.314 e. The maximum atomic E-state index is 11.8. The van der Waals surface area contributed by atoms with Crippen molar-refractivity contribution in [3.05, 3.63) is 46.7 Å². The molecule has 0 bridgehead atoms. The summed E-state index contributed by atoms with van der Waals surface area (Å²) in [5.74, 6) is -0.942. The van der Waals surface area contributed by atoms with Gasteiger partial charge in [0, 0.05) is 30.3 Å². The molecule has 2 rings (SSSR count). The van der Waals surface area contributed by atoms with Gasteiger partial charge in [-0.25, -0.2) is 0 Å². The third-order valence-corrected chi connectivity index (χ3v) is 3.40. The van der Waals surface area contributed by atoms with Gasteiger partial charge in [-0.15, -0.1) is 0 Å². The lowest BCUT2D eigenvalue weighted by Gasteiger charge is -2.17. The van der Waals surface area contributed by atoms with Crippen LogP contribution in [-0.2, 0) is 14.3 Å². The molecule has 122 valence electrons. The molecule has 1 atom stereocenters. The second-order valence-corrected chi connectivity index (χ2v) is 5.14. The van der Waals surface area contributed by atoms with Crippen LogP contribution in [0.15, 0.2) is 34.9 Å². The average Bonchev–Trinajstić information content (AvgIpc) is 2.94. The molecule has 7 nitrogen and oxygen atoms in total. The van der Waals surface area contributed by atoms with Gasteiger partial charge in [-0.3, -0.25) is 14.9 Å². The molecule has 0 aliphatic heterocycles. The van der Waals surface area contributed by atoms with Crippen molar-refractivity contribution in [1.82, 2.24) is 10.5 Å². The Bertz CT molecular complexity index is 702. The molecule has 2 aromatic rings. The number of methoxy groups -OCH3 is 1. The molecule has 8 heteroatoms. The molecule has 0 saturated heterocycles. The van der Waals surface area contributed by atoms with Gasteiger partial charge in [0.2, 0.25) is 0 Å². The van der Waals surface area contributed by atoms with E-state index in [-0.39, 0.29) is 12.4 Å². The summed E-state index contributed by atoms with van der Waals surface area (Å²) in [6.45, 7) is 1.78. The molecule has 2 N–H and O–H groups in total. The van der Waals surface area contributed by atoms with E-state index in [1.54, 1.807) is 25.1 Å². The largest absolute Gasteiger partial charge is 0.375 e. The number of anilines is 1. The summed E-state index contributed by atoms with van der Waals surface area (Å²) in [5.41, 5.74) is 0.726. The van der Waals surface area contributed by atoms with Crippen molar-refractivity contribution >= 4 is 29.2 Å².